The lowest BCUT2D eigenvalue weighted by Crippen LogP contribution is -2.38. The van der Waals surface area contributed by atoms with Gasteiger partial charge in [-0.2, -0.15) is 0 Å². The van der Waals surface area contributed by atoms with E-state index in [-0.39, 0.29) is 23.9 Å². The number of carbonyl (C=O) groups excluding carboxylic acids is 2. The Balaban J connectivity index is 1.45. The second-order valence-corrected chi connectivity index (χ2v) is 7.26. The predicted octanol–water partition coefficient (Wildman–Crippen LogP) is 4.54. The quantitative estimate of drug-likeness (QED) is 0.820. The molecule has 1 aliphatic heterocycles. The molecule has 3 rings (SSSR count). The van der Waals surface area contributed by atoms with Crippen LogP contribution in [0.5, 0.6) is 0 Å². The normalized spacial score (nSPS) is 14.8. The first-order valence-electron chi connectivity index (χ1n) is 9.54. The lowest BCUT2D eigenvalue weighted by Gasteiger charge is -2.32. The Kier molecular flexibility index (Phi) is 6.39. The van der Waals surface area contributed by atoms with Crippen molar-refractivity contribution in [2.75, 3.05) is 18.4 Å². The summed E-state index contributed by atoms with van der Waals surface area (Å²) in [5.74, 6) is -1.34. The van der Waals surface area contributed by atoms with E-state index in [1.807, 2.05) is 36.1 Å². The third-order valence-corrected chi connectivity index (χ3v) is 5.26. The Labute approximate surface area is 163 Å². The van der Waals surface area contributed by atoms with Crippen molar-refractivity contribution in [1.82, 2.24) is 4.90 Å². The lowest BCUT2D eigenvalue weighted by atomic mass is 9.91. The summed E-state index contributed by atoms with van der Waals surface area (Å²) in [6, 6.07) is 10.6. The largest absolute Gasteiger partial charge is 0.339 e. The zero-order valence-electron chi connectivity index (χ0n) is 15.9. The molecule has 0 aliphatic carbocycles. The van der Waals surface area contributed by atoms with Crippen molar-refractivity contribution >= 4 is 17.5 Å². The average molecular weight is 386 g/mol. The first-order chi connectivity index (χ1) is 13.4. The summed E-state index contributed by atoms with van der Waals surface area (Å²) < 4.78 is 26.5. The number of benzene rings is 2. The molecule has 1 aliphatic rings. The van der Waals surface area contributed by atoms with Gasteiger partial charge >= 0.3 is 0 Å². The molecular formula is C22H24F2N2O2. The third kappa shape index (κ3) is 4.94. The van der Waals surface area contributed by atoms with E-state index in [2.05, 4.69) is 5.32 Å². The second-order valence-electron chi connectivity index (χ2n) is 7.26. The van der Waals surface area contributed by atoms with E-state index in [1.54, 1.807) is 0 Å². The van der Waals surface area contributed by atoms with Crippen LogP contribution in [-0.4, -0.2) is 29.8 Å². The molecule has 0 bridgehead atoms. The average Bonchev–Trinajstić information content (AvgIpc) is 2.69. The number of aryl methyl sites for hydroxylation is 1. The maximum Gasteiger partial charge on any atom is 0.254 e. The Bertz CT molecular complexity index is 861. The highest BCUT2D eigenvalue weighted by atomic mass is 19.1. The highest BCUT2D eigenvalue weighted by molar-refractivity contribution is 5.95. The van der Waals surface area contributed by atoms with Crippen LogP contribution in [0, 0.1) is 24.5 Å². The van der Waals surface area contributed by atoms with Gasteiger partial charge in [-0.15, -0.1) is 0 Å². The highest BCUT2D eigenvalue weighted by Gasteiger charge is 2.24. The number of anilines is 1. The van der Waals surface area contributed by atoms with E-state index in [0.717, 1.165) is 36.1 Å². The van der Waals surface area contributed by atoms with Gasteiger partial charge in [-0.1, -0.05) is 18.2 Å². The van der Waals surface area contributed by atoms with Crippen molar-refractivity contribution in [2.45, 2.75) is 32.6 Å². The van der Waals surface area contributed by atoms with Gasteiger partial charge in [0.05, 0.1) is 5.69 Å². The number of likely N-dealkylation sites (tertiary alicyclic amines) is 1. The summed E-state index contributed by atoms with van der Waals surface area (Å²) in [4.78, 5) is 26.6. The monoisotopic (exact) mass is 386 g/mol. The minimum absolute atomic E-state index is 0.00922. The number of hydrogen-bond donors (Lipinski definition) is 1. The van der Waals surface area contributed by atoms with Crippen molar-refractivity contribution in [1.29, 1.82) is 0 Å². The van der Waals surface area contributed by atoms with Crippen molar-refractivity contribution in [3.63, 3.8) is 0 Å². The Morgan fingerprint density at radius 2 is 1.82 bits per heavy atom. The molecule has 2 aromatic rings. The van der Waals surface area contributed by atoms with Crippen LogP contribution in [0.1, 0.15) is 41.6 Å². The Hall–Kier alpha value is -2.76. The molecule has 28 heavy (non-hydrogen) atoms. The third-order valence-electron chi connectivity index (χ3n) is 5.26. The summed E-state index contributed by atoms with van der Waals surface area (Å²) in [6.45, 7) is 3.28. The first-order valence-corrected chi connectivity index (χ1v) is 9.54. The molecule has 2 aromatic carbocycles. The zero-order valence-corrected chi connectivity index (χ0v) is 15.9. The number of carbonyl (C=O) groups is 2. The molecule has 1 fully saturated rings. The van der Waals surface area contributed by atoms with Crippen LogP contribution in [0.4, 0.5) is 14.5 Å². The smallest absolute Gasteiger partial charge is 0.254 e. The van der Waals surface area contributed by atoms with E-state index < -0.39 is 11.6 Å². The Morgan fingerprint density at radius 3 is 2.50 bits per heavy atom. The van der Waals surface area contributed by atoms with E-state index in [0.29, 0.717) is 25.4 Å². The molecule has 2 amide bonds. The maximum absolute atomic E-state index is 13.6. The summed E-state index contributed by atoms with van der Waals surface area (Å²) in [6.07, 6.45) is 2.64. The molecule has 1 saturated heterocycles. The molecule has 0 radical (unpaired) electrons. The Morgan fingerprint density at radius 1 is 1.11 bits per heavy atom. The van der Waals surface area contributed by atoms with Crippen LogP contribution in [-0.2, 0) is 4.79 Å². The lowest BCUT2D eigenvalue weighted by molar-refractivity contribution is -0.116. The van der Waals surface area contributed by atoms with E-state index in [4.69, 9.17) is 0 Å². The maximum atomic E-state index is 13.6. The fourth-order valence-corrected chi connectivity index (χ4v) is 3.55. The molecule has 6 heteroatoms. The van der Waals surface area contributed by atoms with E-state index >= 15 is 0 Å². The number of hydrogen-bond acceptors (Lipinski definition) is 2. The van der Waals surface area contributed by atoms with Crippen molar-refractivity contribution < 1.29 is 18.4 Å². The number of piperidine rings is 1. The fraction of sp³-hybridized carbons (Fsp3) is 0.364. The molecule has 148 valence electrons. The predicted molar refractivity (Wildman–Crippen MR) is 104 cm³/mol. The highest BCUT2D eigenvalue weighted by Crippen LogP contribution is 2.24. The number of nitrogens with zero attached hydrogens (tertiary/aromatic N) is 1. The van der Waals surface area contributed by atoms with Crippen LogP contribution in [0.2, 0.25) is 0 Å². The van der Waals surface area contributed by atoms with Crippen LogP contribution in [0.3, 0.4) is 0 Å². The SMILES string of the molecule is Cc1ccccc1C(=O)N1CCC(CCC(=O)Nc2ccc(F)cc2F)CC1. The molecule has 0 aromatic heterocycles. The van der Waals surface area contributed by atoms with Gasteiger partial charge in [0.1, 0.15) is 11.6 Å². The van der Waals surface area contributed by atoms with Crippen molar-refractivity contribution in [2.24, 2.45) is 5.92 Å². The van der Waals surface area contributed by atoms with Gasteiger partial charge in [-0.05, 0) is 55.9 Å². The van der Waals surface area contributed by atoms with Gasteiger partial charge in [0, 0.05) is 31.1 Å². The number of nitrogens with one attached hydrogen (secondary N) is 1. The molecular weight excluding hydrogens is 362 g/mol. The van der Waals surface area contributed by atoms with Crippen LogP contribution >= 0.6 is 0 Å². The first kappa shape index (κ1) is 20.0. The van der Waals surface area contributed by atoms with Crippen molar-refractivity contribution in [3.8, 4) is 0 Å². The van der Waals surface area contributed by atoms with Crippen LogP contribution in [0.25, 0.3) is 0 Å². The topological polar surface area (TPSA) is 49.4 Å². The van der Waals surface area contributed by atoms with E-state index in [1.165, 1.54) is 6.07 Å². The van der Waals surface area contributed by atoms with Gasteiger partial charge in [0.2, 0.25) is 5.91 Å². The van der Waals surface area contributed by atoms with Gasteiger partial charge < -0.3 is 10.2 Å². The minimum atomic E-state index is -0.781. The summed E-state index contributed by atoms with van der Waals surface area (Å²) >= 11 is 0. The molecule has 1 N–H and O–H groups in total. The summed E-state index contributed by atoms with van der Waals surface area (Å²) in [5.41, 5.74) is 1.70. The summed E-state index contributed by atoms with van der Waals surface area (Å²) in [5, 5.41) is 2.49. The molecule has 0 unspecified atom stereocenters. The fourth-order valence-electron chi connectivity index (χ4n) is 3.55. The van der Waals surface area contributed by atoms with Gasteiger partial charge in [-0.3, -0.25) is 9.59 Å². The minimum Gasteiger partial charge on any atom is -0.339 e. The van der Waals surface area contributed by atoms with E-state index in [9.17, 15) is 18.4 Å². The molecule has 0 saturated carbocycles. The standard InChI is InChI=1S/C22H24F2N2O2/c1-15-4-2-3-5-18(15)22(28)26-12-10-16(11-13-26)6-9-21(27)25-20-8-7-17(23)14-19(20)24/h2-5,7-8,14,16H,6,9-13H2,1H3,(H,25,27). The number of halogens is 2. The number of rotatable bonds is 5. The summed E-state index contributed by atoms with van der Waals surface area (Å²) in [7, 11) is 0. The van der Waals surface area contributed by atoms with Crippen LogP contribution in [0.15, 0.2) is 42.5 Å². The molecule has 4 nitrogen and oxygen atoms in total. The zero-order chi connectivity index (χ0) is 20.1. The molecule has 0 atom stereocenters. The second kappa shape index (κ2) is 8.95. The van der Waals surface area contributed by atoms with Gasteiger partial charge in [0.25, 0.3) is 5.91 Å². The van der Waals surface area contributed by atoms with Gasteiger partial charge in [0.15, 0.2) is 0 Å². The van der Waals surface area contributed by atoms with Crippen LogP contribution < -0.4 is 5.32 Å². The van der Waals surface area contributed by atoms with Gasteiger partial charge in [-0.25, -0.2) is 8.78 Å². The van der Waals surface area contributed by atoms with Crippen molar-refractivity contribution in [3.05, 3.63) is 65.2 Å². The molecule has 1 heterocycles. The molecule has 0 spiro atoms. The number of amides is 2.